The van der Waals surface area contributed by atoms with E-state index in [1.165, 1.54) is 17.0 Å². The number of hydrogen-bond donors (Lipinski definition) is 1. The van der Waals surface area contributed by atoms with Gasteiger partial charge < -0.3 is 5.32 Å². The van der Waals surface area contributed by atoms with Gasteiger partial charge in [-0.2, -0.15) is 10.2 Å². The average molecular weight is 289 g/mol. The molecule has 0 aliphatic carbocycles. The highest BCUT2D eigenvalue weighted by Crippen LogP contribution is 2.19. The first-order valence-electron chi connectivity index (χ1n) is 7.95. The number of rotatable bonds is 8. The minimum atomic E-state index is 0.297. The van der Waals surface area contributed by atoms with Crippen molar-refractivity contribution in [2.45, 2.75) is 52.6 Å². The molecule has 116 valence electrons. The Bertz CT molecular complexity index is 555. The fraction of sp³-hybridized carbons (Fsp3) is 0.625. The summed E-state index contributed by atoms with van der Waals surface area (Å²) in [5.41, 5.74) is 3.71. The summed E-state index contributed by atoms with van der Waals surface area (Å²) in [4.78, 5) is 0. The van der Waals surface area contributed by atoms with Gasteiger partial charge in [0.2, 0.25) is 0 Å². The Hall–Kier alpha value is -1.62. The molecule has 0 saturated heterocycles. The van der Waals surface area contributed by atoms with Crippen LogP contribution in [0.1, 0.15) is 50.2 Å². The maximum Gasteiger partial charge on any atom is 0.0624 e. The number of aromatic nitrogens is 4. The van der Waals surface area contributed by atoms with Crippen molar-refractivity contribution in [1.82, 2.24) is 24.9 Å². The Labute approximate surface area is 127 Å². The molecule has 0 saturated carbocycles. The molecule has 1 N–H and O–H groups in total. The second-order valence-corrected chi connectivity index (χ2v) is 5.45. The van der Waals surface area contributed by atoms with Crippen LogP contribution in [0, 0.1) is 0 Å². The van der Waals surface area contributed by atoms with Crippen LogP contribution < -0.4 is 5.32 Å². The summed E-state index contributed by atoms with van der Waals surface area (Å²) >= 11 is 0. The maximum absolute atomic E-state index is 4.65. The van der Waals surface area contributed by atoms with E-state index in [1.807, 2.05) is 17.9 Å². The van der Waals surface area contributed by atoms with Crippen molar-refractivity contribution in [3.8, 4) is 0 Å². The minimum absolute atomic E-state index is 0.297. The summed E-state index contributed by atoms with van der Waals surface area (Å²) in [5.74, 6) is 0. The van der Waals surface area contributed by atoms with E-state index in [9.17, 15) is 0 Å². The Morgan fingerprint density at radius 3 is 2.67 bits per heavy atom. The molecule has 0 aromatic carbocycles. The van der Waals surface area contributed by atoms with E-state index in [-0.39, 0.29) is 0 Å². The molecule has 0 radical (unpaired) electrons. The van der Waals surface area contributed by atoms with Gasteiger partial charge in [-0.15, -0.1) is 0 Å². The number of aryl methyl sites for hydroxylation is 3. The molecular weight excluding hydrogens is 262 g/mol. The Morgan fingerprint density at radius 2 is 2.10 bits per heavy atom. The van der Waals surface area contributed by atoms with Crippen LogP contribution in [0.5, 0.6) is 0 Å². The number of nitrogens with one attached hydrogen (secondary N) is 1. The maximum atomic E-state index is 4.65. The standard InChI is InChI=1S/C16H27N5/c1-5-8-17-16(13-11-18-20(4)12-13)10-15-9-14(6-2)19-21(15)7-3/h9,11-12,16-17H,5-8,10H2,1-4H3. The van der Waals surface area contributed by atoms with Gasteiger partial charge >= 0.3 is 0 Å². The molecule has 0 spiro atoms. The first kappa shape index (κ1) is 15.8. The summed E-state index contributed by atoms with van der Waals surface area (Å²) in [6.07, 6.45) is 7.12. The van der Waals surface area contributed by atoms with Crippen molar-refractivity contribution in [2.24, 2.45) is 7.05 Å². The fourth-order valence-electron chi connectivity index (χ4n) is 2.58. The third-order valence-electron chi connectivity index (χ3n) is 3.76. The lowest BCUT2D eigenvalue weighted by molar-refractivity contribution is 0.502. The molecule has 0 amide bonds. The topological polar surface area (TPSA) is 47.7 Å². The monoisotopic (exact) mass is 289 g/mol. The van der Waals surface area contributed by atoms with E-state index in [1.54, 1.807) is 0 Å². The molecule has 2 aromatic rings. The van der Waals surface area contributed by atoms with Gasteiger partial charge in [0.15, 0.2) is 0 Å². The molecule has 1 atom stereocenters. The van der Waals surface area contributed by atoms with E-state index < -0.39 is 0 Å². The van der Waals surface area contributed by atoms with E-state index in [0.29, 0.717) is 6.04 Å². The summed E-state index contributed by atoms with van der Waals surface area (Å²) < 4.78 is 3.99. The molecular formula is C16H27N5. The highest BCUT2D eigenvalue weighted by atomic mass is 15.3. The molecule has 5 heteroatoms. The second kappa shape index (κ2) is 7.41. The van der Waals surface area contributed by atoms with Crippen LogP contribution in [0.15, 0.2) is 18.5 Å². The lowest BCUT2D eigenvalue weighted by Gasteiger charge is -2.17. The number of nitrogens with zero attached hydrogens (tertiary/aromatic N) is 4. The molecule has 2 heterocycles. The van der Waals surface area contributed by atoms with Gasteiger partial charge in [0, 0.05) is 43.5 Å². The summed E-state index contributed by atoms with van der Waals surface area (Å²) in [5, 5.41) is 12.6. The Balaban J connectivity index is 2.19. The van der Waals surface area contributed by atoms with Crippen molar-refractivity contribution in [3.63, 3.8) is 0 Å². The van der Waals surface area contributed by atoms with Crippen LogP contribution in [0.3, 0.4) is 0 Å². The molecule has 0 aliphatic rings. The van der Waals surface area contributed by atoms with Gasteiger partial charge in [-0.25, -0.2) is 0 Å². The van der Waals surface area contributed by atoms with Crippen LogP contribution in [0.25, 0.3) is 0 Å². The van der Waals surface area contributed by atoms with Gasteiger partial charge in [0.05, 0.1) is 11.9 Å². The summed E-state index contributed by atoms with van der Waals surface area (Å²) in [7, 11) is 1.96. The van der Waals surface area contributed by atoms with Crippen LogP contribution in [-0.4, -0.2) is 26.1 Å². The molecule has 1 unspecified atom stereocenters. The molecule has 0 fully saturated rings. The summed E-state index contributed by atoms with van der Waals surface area (Å²) in [6.45, 7) is 8.43. The van der Waals surface area contributed by atoms with Crippen molar-refractivity contribution in [1.29, 1.82) is 0 Å². The molecule has 2 rings (SSSR count). The van der Waals surface area contributed by atoms with Crippen LogP contribution in [-0.2, 0) is 26.4 Å². The normalized spacial score (nSPS) is 12.8. The van der Waals surface area contributed by atoms with Gasteiger partial charge in [-0.3, -0.25) is 9.36 Å². The quantitative estimate of drug-likeness (QED) is 0.812. The van der Waals surface area contributed by atoms with Crippen LogP contribution >= 0.6 is 0 Å². The second-order valence-electron chi connectivity index (χ2n) is 5.45. The van der Waals surface area contributed by atoms with Gasteiger partial charge in [0.1, 0.15) is 0 Å². The predicted molar refractivity (Wildman–Crippen MR) is 85.2 cm³/mol. The first-order valence-corrected chi connectivity index (χ1v) is 7.95. The predicted octanol–water partition coefficient (Wildman–Crippen LogP) is 2.48. The lowest BCUT2D eigenvalue weighted by atomic mass is 10.0. The Morgan fingerprint density at radius 1 is 1.29 bits per heavy atom. The van der Waals surface area contributed by atoms with Crippen molar-refractivity contribution in [3.05, 3.63) is 35.4 Å². The highest BCUT2D eigenvalue weighted by molar-refractivity contribution is 5.17. The number of hydrogen-bond acceptors (Lipinski definition) is 3. The third-order valence-corrected chi connectivity index (χ3v) is 3.76. The van der Waals surface area contributed by atoms with Crippen molar-refractivity contribution < 1.29 is 0 Å². The fourth-order valence-corrected chi connectivity index (χ4v) is 2.58. The molecule has 5 nitrogen and oxygen atoms in total. The lowest BCUT2D eigenvalue weighted by Crippen LogP contribution is -2.24. The zero-order valence-corrected chi connectivity index (χ0v) is 13.6. The van der Waals surface area contributed by atoms with E-state index in [0.717, 1.165) is 32.4 Å². The van der Waals surface area contributed by atoms with Crippen LogP contribution in [0.4, 0.5) is 0 Å². The van der Waals surface area contributed by atoms with Crippen molar-refractivity contribution in [2.75, 3.05) is 6.54 Å². The highest BCUT2D eigenvalue weighted by Gasteiger charge is 2.16. The largest absolute Gasteiger partial charge is 0.310 e. The van der Waals surface area contributed by atoms with Gasteiger partial charge in [-0.1, -0.05) is 13.8 Å². The SMILES string of the molecule is CCCNC(Cc1cc(CC)nn1CC)c1cnn(C)c1. The van der Waals surface area contributed by atoms with E-state index in [4.69, 9.17) is 0 Å². The molecule has 2 aromatic heterocycles. The van der Waals surface area contributed by atoms with Crippen molar-refractivity contribution >= 4 is 0 Å². The zero-order chi connectivity index (χ0) is 15.2. The Kier molecular flexibility index (Phi) is 5.56. The smallest absolute Gasteiger partial charge is 0.0624 e. The molecule has 0 aliphatic heterocycles. The van der Waals surface area contributed by atoms with Gasteiger partial charge in [-0.05, 0) is 32.4 Å². The average Bonchev–Trinajstić information content (AvgIpc) is 3.09. The van der Waals surface area contributed by atoms with E-state index >= 15 is 0 Å². The van der Waals surface area contributed by atoms with E-state index in [2.05, 4.69) is 53.2 Å². The zero-order valence-electron chi connectivity index (χ0n) is 13.6. The van der Waals surface area contributed by atoms with Crippen LogP contribution in [0.2, 0.25) is 0 Å². The summed E-state index contributed by atoms with van der Waals surface area (Å²) in [6, 6.07) is 2.53. The molecule has 21 heavy (non-hydrogen) atoms. The first-order chi connectivity index (χ1) is 10.2. The minimum Gasteiger partial charge on any atom is -0.310 e. The molecule has 0 bridgehead atoms. The van der Waals surface area contributed by atoms with Gasteiger partial charge in [0.25, 0.3) is 0 Å². The third kappa shape index (κ3) is 3.94.